The maximum Gasteiger partial charge on any atom is 0.274 e. The minimum absolute atomic E-state index is 0.00595. The van der Waals surface area contributed by atoms with Crippen molar-refractivity contribution in [3.05, 3.63) is 181 Å². The second kappa shape index (κ2) is 25.9. The third kappa shape index (κ3) is 17.1. The first-order chi connectivity index (χ1) is 32.7. The van der Waals surface area contributed by atoms with E-state index < -0.39 is 38.7 Å². The molecular formula is C50H56N4O12S2. The molecule has 2 amide bonds. The van der Waals surface area contributed by atoms with Crippen molar-refractivity contribution >= 4 is 31.9 Å². The van der Waals surface area contributed by atoms with Gasteiger partial charge in [-0.2, -0.15) is 0 Å². The van der Waals surface area contributed by atoms with Gasteiger partial charge in [0.2, 0.25) is 11.8 Å². The highest BCUT2D eigenvalue weighted by molar-refractivity contribution is 7.89. The number of hydroxylamine groups is 1. The number of methoxy groups -OCH3 is 2. The number of carbonyl (C=O) groups excluding carboxylic acids is 2. The Hall–Kier alpha value is -6.80. The van der Waals surface area contributed by atoms with Crippen LogP contribution in [0.25, 0.3) is 0 Å². The largest absolute Gasteiger partial charge is 0.497 e. The molecule has 7 rings (SSSR count). The number of nitrogens with zero attached hydrogens (tertiary/aromatic N) is 1. The normalized spacial score (nSPS) is 14.2. The summed E-state index contributed by atoms with van der Waals surface area (Å²) in [5.41, 5.74) is 2.11. The van der Waals surface area contributed by atoms with Crippen molar-refractivity contribution < 1.29 is 55.4 Å². The number of sulfonamides is 2. The summed E-state index contributed by atoms with van der Waals surface area (Å²) in [5, 5.41) is 16.7. The Morgan fingerprint density at radius 3 is 1.51 bits per heavy atom. The number of amides is 2. The first kappa shape index (κ1) is 52.2. The molecule has 1 heterocycles. The number of benzene rings is 6. The molecule has 18 heteroatoms. The van der Waals surface area contributed by atoms with Gasteiger partial charge in [0, 0.05) is 13.8 Å². The van der Waals surface area contributed by atoms with E-state index in [1.54, 1.807) is 73.7 Å². The number of ether oxygens (including phenoxy) is 3. The van der Waals surface area contributed by atoms with Gasteiger partial charge in [0.05, 0.1) is 55.3 Å². The van der Waals surface area contributed by atoms with Crippen LogP contribution in [-0.4, -0.2) is 89.9 Å². The van der Waals surface area contributed by atoms with E-state index in [-0.39, 0.29) is 39.5 Å². The molecule has 0 saturated carbocycles. The lowest BCUT2D eigenvalue weighted by Crippen LogP contribution is -2.50. The summed E-state index contributed by atoms with van der Waals surface area (Å²) >= 11 is 0. The second-order valence-corrected chi connectivity index (χ2v) is 18.7. The number of nitrogens with one attached hydrogen (secondary N) is 3. The van der Waals surface area contributed by atoms with E-state index in [9.17, 15) is 31.5 Å². The minimum Gasteiger partial charge on any atom is -0.497 e. The molecule has 1 aliphatic rings. The Morgan fingerprint density at radius 1 is 0.618 bits per heavy atom. The van der Waals surface area contributed by atoms with Crippen LogP contribution < -0.4 is 34.7 Å². The van der Waals surface area contributed by atoms with E-state index >= 15 is 0 Å². The molecule has 4 unspecified atom stereocenters. The standard InChI is InChI=1S/C25H28N2O6S.C13H13NO4S.C12H15NO2/c1-19(28)26-24(17-20-9-5-3-6-10-20)25(29)18-27(33-22-11-7-4-8-12-22)34(30,31)23-15-13-21(32-2)14-16-23;1-17-11-7-9-13(10-8-11)19(15,16)14-18-12-5-3-2-4-6-12;1-9(14)13-11(12-8-15-12)7-10-5-3-2-4-6-10/h3-16,24-25,29H,17-18H2,1-2H3,(H,26,28);2-10,14H,1H3;2-6,11-12H,7-8H2,1H3,(H,13,14). The number of hydrogen-bond acceptors (Lipinski definition) is 12. The number of epoxide rings is 1. The van der Waals surface area contributed by atoms with Crippen molar-refractivity contribution in [3.63, 3.8) is 0 Å². The van der Waals surface area contributed by atoms with Crippen molar-refractivity contribution in [3.8, 4) is 23.0 Å². The van der Waals surface area contributed by atoms with Gasteiger partial charge in [-0.25, -0.2) is 16.8 Å². The minimum atomic E-state index is -4.17. The van der Waals surface area contributed by atoms with Crippen molar-refractivity contribution in [2.45, 2.75) is 60.8 Å². The van der Waals surface area contributed by atoms with Crippen LogP contribution in [0.15, 0.2) is 180 Å². The number of hydrogen-bond donors (Lipinski definition) is 4. The molecule has 0 radical (unpaired) electrons. The average molecular weight is 969 g/mol. The van der Waals surface area contributed by atoms with Crippen LogP contribution in [-0.2, 0) is 47.2 Å². The molecule has 360 valence electrons. The fourth-order valence-electron chi connectivity index (χ4n) is 6.43. The SMILES string of the molecule is CC(=O)NC(Cc1ccccc1)C1CO1.COc1ccc(S(=O)(=O)N(CC(O)C(Cc2ccccc2)NC(C)=O)Oc2ccccc2)cc1.COc1ccc(S(=O)(=O)NOc2ccccc2)cc1. The predicted molar refractivity (Wildman–Crippen MR) is 256 cm³/mol. The van der Waals surface area contributed by atoms with E-state index in [0.29, 0.717) is 23.7 Å². The molecule has 6 aromatic carbocycles. The Bertz CT molecular complexity index is 2670. The Kier molecular flexibility index (Phi) is 19.9. The fraction of sp³-hybridized carbons (Fsp3) is 0.240. The van der Waals surface area contributed by atoms with E-state index in [1.165, 1.54) is 63.1 Å². The molecule has 0 bridgehead atoms. The van der Waals surface area contributed by atoms with Gasteiger partial charge in [0.1, 0.15) is 29.1 Å². The molecule has 0 aromatic heterocycles. The fourth-order valence-corrected chi connectivity index (χ4v) is 8.47. The molecule has 1 saturated heterocycles. The van der Waals surface area contributed by atoms with Gasteiger partial charge in [0.25, 0.3) is 20.0 Å². The monoisotopic (exact) mass is 968 g/mol. The summed E-state index contributed by atoms with van der Waals surface area (Å²) in [6.45, 7) is 3.23. The van der Waals surface area contributed by atoms with Gasteiger partial charge in [-0.15, -0.1) is 0 Å². The summed E-state index contributed by atoms with van der Waals surface area (Å²) in [6, 6.07) is 47.7. The van der Waals surface area contributed by atoms with Crippen molar-refractivity contribution in [2.75, 3.05) is 27.4 Å². The quantitative estimate of drug-likeness (QED) is 0.0522. The van der Waals surface area contributed by atoms with Gasteiger partial charge in [0.15, 0.2) is 0 Å². The third-order valence-corrected chi connectivity index (χ3v) is 12.8. The summed E-state index contributed by atoms with van der Waals surface area (Å²) in [4.78, 5) is 35.7. The smallest absolute Gasteiger partial charge is 0.274 e. The van der Waals surface area contributed by atoms with Crippen LogP contribution in [0.5, 0.6) is 23.0 Å². The summed E-state index contributed by atoms with van der Waals surface area (Å²) in [5.74, 6) is 1.46. The van der Waals surface area contributed by atoms with Gasteiger partial charge in [-0.05, 0) is 106 Å². The lowest BCUT2D eigenvalue weighted by Gasteiger charge is -2.29. The van der Waals surface area contributed by atoms with Gasteiger partial charge in [-0.1, -0.05) is 97.1 Å². The molecule has 1 aliphatic heterocycles. The molecular weight excluding hydrogens is 913 g/mol. The van der Waals surface area contributed by atoms with Crippen LogP contribution in [0.4, 0.5) is 0 Å². The van der Waals surface area contributed by atoms with E-state index in [1.807, 2.05) is 54.6 Å². The average Bonchev–Trinajstić information content (AvgIpc) is 4.21. The van der Waals surface area contributed by atoms with Gasteiger partial charge >= 0.3 is 0 Å². The Balaban J connectivity index is 0.000000212. The molecule has 4 N–H and O–H groups in total. The van der Waals surface area contributed by atoms with Crippen LogP contribution in [0, 0.1) is 0 Å². The lowest BCUT2D eigenvalue weighted by molar-refractivity contribution is -0.121. The maximum atomic E-state index is 13.4. The number of aliphatic hydroxyl groups excluding tert-OH is 1. The molecule has 0 aliphatic carbocycles. The Morgan fingerprint density at radius 2 is 1.06 bits per heavy atom. The third-order valence-electron chi connectivity index (χ3n) is 9.94. The van der Waals surface area contributed by atoms with Gasteiger partial charge < -0.3 is 39.6 Å². The first-order valence-electron chi connectivity index (χ1n) is 21.4. The van der Waals surface area contributed by atoms with Crippen LogP contribution in [0.3, 0.4) is 0 Å². The highest BCUT2D eigenvalue weighted by Gasteiger charge is 2.34. The highest BCUT2D eigenvalue weighted by atomic mass is 32.2. The van der Waals surface area contributed by atoms with E-state index in [2.05, 4.69) is 27.7 Å². The number of aliphatic hydroxyl groups is 1. The van der Waals surface area contributed by atoms with Crippen molar-refractivity contribution in [1.82, 2.24) is 20.0 Å². The number of para-hydroxylation sites is 2. The highest BCUT2D eigenvalue weighted by Crippen LogP contribution is 2.24. The van der Waals surface area contributed by atoms with E-state index in [0.717, 1.165) is 23.1 Å². The molecule has 4 atom stereocenters. The maximum absolute atomic E-state index is 13.4. The zero-order chi connectivity index (χ0) is 48.9. The number of rotatable bonds is 20. The lowest BCUT2D eigenvalue weighted by atomic mass is 10.0. The summed E-state index contributed by atoms with van der Waals surface area (Å²) < 4.78 is 66.8. The molecule has 6 aromatic rings. The zero-order valence-electron chi connectivity index (χ0n) is 38.0. The number of carbonyl (C=O) groups is 2. The van der Waals surface area contributed by atoms with Crippen LogP contribution >= 0.6 is 0 Å². The summed E-state index contributed by atoms with van der Waals surface area (Å²) in [6.07, 6.45) is 0.0870. The van der Waals surface area contributed by atoms with Crippen molar-refractivity contribution in [2.24, 2.45) is 0 Å². The van der Waals surface area contributed by atoms with Crippen molar-refractivity contribution in [1.29, 1.82) is 0 Å². The van der Waals surface area contributed by atoms with Gasteiger partial charge in [-0.3, -0.25) is 9.59 Å². The molecule has 16 nitrogen and oxygen atoms in total. The molecule has 0 spiro atoms. The molecule has 1 fully saturated rings. The Labute approximate surface area is 397 Å². The van der Waals surface area contributed by atoms with E-state index in [4.69, 9.17) is 23.9 Å². The first-order valence-corrected chi connectivity index (χ1v) is 24.3. The zero-order valence-corrected chi connectivity index (χ0v) is 39.6. The molecule has 68 heavy (non-hydrogen) atoms. The van der Waals surface area contributed by atoms with Crippen LogP contribution in [0.2, 0.25) is 0 Å². The predicted octanol–water partition coefficient (Wildman–Crippen LogP) is 5.89. The topological polar surface area (TPSA) is 211 Å². The van der Waals surface area contributed by atoms with Crippen LogP contribution in [0.1, 0.15) is 25.0 Å². The summed E-state index contributed by atoms with van der Waals surface area (Å²) in [7, 11) is -4.88. The second-order valence-electron chi connectivity index (χ2n) is 15.2.